The van der Waals surface area contributed by atoms with E-state index in [4.69, 9.17) is 5.21 Å². The van der Waals surface area contributed by atoms with Crippen molar-refractivity contribution in [3.8, 4) is 0 Å². The average Bonchev–Trinajstić information content (AvgIpc) is 2.57. The molecule has 1 rings (SSSR count). The number of unbranched alkanes of at least 4 members (excludes halogenated alkanes) is 3. The molecule has 0 bridgehead atoms. The lowest BCUT2D eigenvalue weighted by atomic mass is 9.94. The molecule has 128 valence electrons. The number of amides is 2. The number of carbonyl (C=O) groups excluding carboxylic acids is 2. The predicted molar refractivity (Wildman–Crippen MR) is 91.1 cm³/mol. The van der Waals surface area contributed by atoms with Crippen molar-refractivity contribution >= 4 is 17.5 Å². The van der Waals surface area contributed by atoms with E-state index in [1.807, 2.05) is 30.3 Å². The Labute approximate surface area is 138 Å². The van der Waals surface area contributed by atoms with Crippen molar-refractivity contribution in [3.63, 3.8) is 0 Å². The molecule has 0 aliphatic rings. The van der Waals surface area contributed by atoms with Crippen LogP contribution in [0.3, 0.4) is 0 Å². The Bertz CT molecular complexity index is 463. The van der Waals surface area contributed by atoms with Gasteiger partial charge in [-0.05, 0) is 31.4 Å². The smallest absolute Gasteiger partial charge is 0.246 e. The fourth-order valence-corrected chi connectivity index (χ4v) is 2.55. The van der Waals surface area contributed by atoms with Crippen LogP contribution in [0.4, 0.5) is 5.69 Å². The minimum atomic E-state index is -0.291. The van der Waals surface area contributed by atoms with Gasteiger partial charge in [-0.1, -0.05) is 50.8 Å². The highest BCUT2D eigenvalue weighted by molar-refractivity contribution is 5.90. The van der Waals surface area contributed by atoms with Crippen LogP contribution in [0.25, 0.3) is 0 Å². The van der Waals surface area contributed by atoms with E-state index in [0.29, 0.717) is 6.42 Å². The summed E-state index contributed by atoms with van der Waals surface area (Å²) >= 11 is 0. The number of rotatable bonds is 11. The van der Waals surface area contributed by atoms with Crippen molar-refractivity contribution in [2.24, 2.45) is 5.92 Å². The fraction of sp³-hybridized carbons (Fsp3) is 0.556. The van der Waals surface area contributed by atoms with Gasteiger partial charge in [0.05, 0.1) is 0 Å². The molecular weight excluding hydrogens is 292 g/mol. The van der Waals surface area contributed by atoms with Gasteiger partial charge in [0.1, 0.15) is 0 Å². The summed E-state index contributed by atoms with van der Waals surface area (Å²) < 4.78 is 0. The number of carbonyl (C=O) groups is 2. The zero-order valence-corrected chi connectivity index (χ0v) is 13.9. The van der Waals surface area contributed by atoms with Gasteiger partial charge in [0.15, 0.2) is 0 Å². The van der Waals surface area contributed by atoms with Crippen LogP contribution in [0.2, 0.25) is 0 Å². The Hall–Kier alpha value is -1.88. The maximum atomic E-state index is 11.8. The SMILES string of the molecule is CCCCC(CCCCCC(=O)Nc1ccccc1)C(=O)NO. The van der Waals surface area contributed by atoms with Gasteiger partial charge < -0.3 is 5.32 Å². The van der Waals surface area contributed by atoms with Gasteiger partial charge in [0.25, 0.3) is 0 Å². The number of para-hydroxylation sites is 1. The van der Waals surface area contributed by atoms with Crippen LogP contribution in [0, 0.1) is 5.92 Å². The van der Waals surface area contributed by atoms with Gasteiger partial charge in [-0.3, -0.25) is 14.8 Å². The molecule has 0 aromatic heterocycles. The molecule has 0 aliphatic carbocycles. The van der Waals surface area contributed by atoms with Gasteiger partial charge in [-0.2, -0.15) is 0 Å². The summed E-state index contributed by atoms with van der Waals surface area (Å²) in [6.07, 6.45) is 6.67. The average molecular weight is 320 g/mol. The van der Waals surface area contributed by atoms with E-state index in [0.717, 1.165) is 50.6 Å². The summed E-state index contributed by atoms with van der Waals surface area (Å²) in [4.78, 5) is 23.4. The van der Waals surface area contributed by atoms with Crippen LogP contribution in [0.1, 0.15) is 58.3 Å². The molecule has 0 aliphatic heterocycles. The summed E-state index contributed by atoms with van der Waals surface area (Å²) in [7, 11) is 0. The number of hydrogen-bond acceptors (Lipinski definition) is 3. The van der Waals surface area contributed by atoms with Gasteiger partial charge in [0, 0.05) is 18.0 Å². The summed E-state index contributed by atoms with van der Waals surface area (Å²) in [6, 6.07) is 9.41. The first kappa shape index (κ1) is 19.2. The van der Waals surface area contributed by atoms with Crippen molar-refractivity contribution in [1.29, 1.82) is 0 Å². The zero-order chi connectivity index (χ0) is 16.9. The van der Waals surface area contributed by atoms with Crippen molar-refractivity contribution < 1.29 is 14.8 Å². The van der Waals surface area contributed by atoms with Crippen molar-refractivity contribution in [3.05, 3.63) is 30.3 Å². The maximum Gasteiger partial charge on any atom is 0.246 e. The Morgan fingerprint density at radius 1 is 1.04 bits per heavy atom. The molecule has 0 heterocycles. The second kappa shape index (κ2) is 11.7. The van der Waals surface area contributed by atoms with Gasteiger partial charge in [-0.25, -0.2) is 5.48 Å². The standard InChI is InChI=1S/C18H28N2O3/c1-2-3-10-15(18(22)20-23)11-6-4-9-14-17(21)19-16-12-7-5-8-13-16/h5,7-8,12-13,15,23H,2-4,6,9-11,14H2,1H3,(H,19,21)(H,20,22). The lowest BCUT2D eigenvalue weighted by molar-refractivity contribution is -0.134. The van der Waals surface area contributed by atoms with Crippen molar-refractivity contribution in [2.75, 3.05) is 5.32 Å². The second-order valence-electron chi connectivity index (χ2n) is 5.83. The highest BCUT2D eigenvalue weighted by atomic mass is 16.5. The first-order valence-electron chi connectivity index (χ1n) is 8.46. The topological polar surface area (TPSA) is 78.4 Å². The van der Waals surface area contributed by atoms with Crippen LogP contribution in [0.5, 0.6) is 0 Å². The first-order chi connectivity index (χ1) is 11.2. The van der Waals surface area contributed by atoms with Crippen LogP contribution in [-0.2, 0) is 9.59 Å². The van der Waals surface area contributed by atoms with Crippen LogP contribution in [-0.4, -0.2) is 17.0 Å². The van der Waals surface area contributed by atoms with E-state index < -0.39 is 0 Å². The van der Waals surface area contributed by atoms with Crippen molar-refractivity contribution in [2.45, 2.75) is 58.3 Å². The maximum absolute atomic E-state index is 11.8. The normalized spacial score (nSPS) is 11.7. The molecule has 23 heavy (non-hydrogen) atoms. The molecule has 5 heteroatoms. The quantitative estimate of drug-likeness (QED) is 0.329. The van der Waals surface area contributed by atoms with Crippen molar-refractivity contribution in [1.82, 2.24) is 5.48 Å². The molecule has 0 saturated carbocycles. The summed E-state index contributed by atoms with van der Waals surface area (Å²) in [6.45, 7) is 2.08. The molecule has 0 radical (unpaired) electrons. The lowest BCUT2D eigenvalue weighted by Gasteiger charge is -2.14. The number of benzene rings is 1. The Kier molecular flexibility index (Phi) is 9.71. The third kappa shape index (κ3) is 8.35. The molecule has 0 spiro atoms. The third-order valence-corrected chi connectivity index (χ3v) is 3.90. The minimum absolute atomic E-state index is 0.0202. The van der Waals surface area contributed by atoms with Gasteiger partial charge >= 0.3 is 0 Å². The van der Waals surface area contributed by atoms with E-state index in [2.05, 4.69) is 12.2 Å². The lowest BCUT2D eigenvalue weighted by Crippen LogP contribution is -2.27. The van der Waals surface area contributed by atoms with E-state index in [-0.39, 0.29) is 17.7 Å². The number of anilines is 1. The summed E-state index contributed by atoms with van der Waals surface area (Å²) in [5, 5.41) is 11.6. The Balaban J connectivity index is 2.17. The molecule has 1 atom stereocenters. The Morgan fingerprint density at radius 2 is 1.74 bits per heavy atom. The molecule has 0 fully saturated rings. The largest absolute Gasteiger partial charge is 0.326 e. The second-order valence-corrected chi connectivity index (χ2v) is 5.83. The van der Waals surface area contributed by atoms with E-state index in [1.165, 1.54) is 0 Å². The Morgan fingerprint density at radius 3 is 2.39 bits per heavy atom. The van der Waals surface area contributed by atoms with Gasteiger partial charge in [-0.15, -0.1) is 0 Å². The molecule has 0 saturated heterocycles. The summed E-state index contributed by atoms with van der Waals surface area (Å²) in [5.41, 5.74) is 2.57. The number of hydroxylamine groups is 1. The predicted octanol–water partition coefficient (Wildman–Crippen LogP) is 3.89. The molecule has 1 aromatic carbocycles. The number of nitrogens with one attached hydrogen (secondary N) is 2. The zero-order valence-electron chi connectivity index (χ0n) is 13.9. The molecule has 1 unspecified atom stereocenters. The summed E-state index contributed by atoms with van der Waals surface area (Å²) in [5.74, 6) is -0.398. The fourth-order valence-electron chi connectivity index (χ4n) is 2.55. The van der Waals surface area contributed by atoms with E-state index >= 15 is 0 Å². The van der Waals surface area contributed by atoms with E-state index in [1.54, 1.807) is 5.48 Å². The van der Waals surface area contributed by atoms with Crippen LogP contribution < -0.4 is 10.8 Å². The molecule has 5 nitrogen and oxygen atoms in total. The third-order valence-electron chi connectivity index (χ3n) is 3.90. The highest BCUT2D eigenvalue weighted by Gasteiger charge is 2.16. The van der Waals surface area contributed by atoms with E-state index in [9.17, 15) is 9.59 Å². The van der Waals surface area contributed by atoms with Gasteiger partial charge in [0.2, 0.25) is 11.8 Å². The molecule has 2 amide bonds. The monoisotopic (exact) mass is 320 g/mol. The highest BCUT2D eigenvalue weighted by Crippen LogP contribution is 2.17. The molecular formula is C18H28N2O3. The number of hydrogen-bond donors (Lipinski definition) is 3. The minimum Gasteiger partial charge on any atom is -0.326 e. The molecule has 1 aromatic rings. The van der Waals surface area contributed by atoms with Crippen LogP contribution in [0.15, 0.2) is 30.3 Å². The molecule has 3 N–H and O–H groups in total. The first-order valence-corrected chi connectivity index (χ1v) is 8.46. The van der Waals surface area contributed by atoms with Crippen LogP contribution >= 0.6 is 0 Å².